The van der Waals surface area contributed by atoms with Gasteiger partial charge in [0.25, 0.3) is 5.91 Å². The largest absolute Gasteiger partial charge is 0.326 e. The molecule has 1 saturated heterocycles. The Bertz CT molecular complexity index is 194. The van der Waals surface area contributed by atoms with Gasteiger partial charge in [0.05, 0.1) is 0 Å². The van der Waals surface area contributed by atoms with Crippen LogP contribution in [0.2, 0.25) is 0 Å². The number of hydrazine groups is 1. The predicted molar refractivity (Wildman–Crippen MR) is 41.9 cm³/mol. The van der Waals surface area contributed by atoms with E-state index in [0.29, 0.717) is 13.0 Å². The van der Waals surface area contributed by atoms with Crippen LogP contribution in [0.25, 0.3) is 0 Å². The van der Waals surface area contributed by atoms with E-state index in [0.717, 1.165) is 6.42 Å². The molecule has 1 aliphatic rings. The maximum absolute atomic E-state index is 10.9. The van der Waals surface area contributed by atoms with Gasteiger partial charge in [0.2, 0.25) is 0 Å². The summed E-state index contributed by atoms with van der Waals surface area (Å²) in [7, 11) is 0. The zero-order valence-electron chi connectivity index (χ0n) is 6.59. The summed E-state index contributed by atoms with van der Waals surface area (Å²) in [5.74, 6) is 4.78. The minimum absolute atomic E-state index is 0.253. The average molecular weight is 172 g/mol. The molecule has 0 bridgehead atoms. The number of hydrogen-bond acceptors (Lipinski definition) is 4. The first kappa shape index (κ1) is 8.95. The van der Waals surface area contributed by atoms with Crippen LogP contribution in [0.4, 0.5) is 4.79 Å². The van der Waals surface area contributed by atoms with Gasteiger partial charge >= 0.3 is 6.03 Å². The standard InChI is InChI=1S/C6H12N4O2/c7-8-3-1-2-4-5(11)10-6(12)9-4/h4,8H,1-3,7H2,(H2,9,10,11,12). The number of carbonyl (C=O) groups is 2. The van der Waals surface area contributed by atoms with Crippen molar-refractivity contribution < 1.29 is 9.59 Å². The Hall–Kier alpha value is -1.14. The van der Waals surface area contributed by atoms with Crippen LogP contribution in [-0.2, 0) is 4.79 Å². The first-order valence-electron chi connectivity index (χ1n) is 3.79. The van der Waals surface area contributed by atoms with Gasteiger partial charge in [-0.05, 0) is 12.8 Å². The lowest BCUT2D eigenvalue weighted by molar-refractivity contribution is -0.120. The molecule has 1 rings (SSSR count). The molecule has 1 atom stereocenters. The van der Waals surface area contributed by atoms with E-state index in [1.165, 1.54) is 0 Å². The van der Waals surface area contributed by atoms with E-state index >= 15 is 0 Å². The Kier molecular flexibility index (Phi) is 3.01. The predicted octanol–water partition coefficient (Wildman–Crippen LogP) is -1.56. The van der Waals surface area contributed by atoms with E-state index in [-0.39, 0.29) is 11.9 Å². The van der Waals surface area contributed by atoms with Gasteiger partial charge in [0, 0.05) is 6.54 Å². The molecule has 1 fully saturated rings. The van der Waals surface area contributed by atoms with E-state index in [1.807, 2.05) is 0 Å². The fourth-order valence-electron chi connectivity index (χ4n) is 1.07. The summed E-state index contributed by atoms with van der Waals surface area (Å²) in [5.41, 5.74) is 2.47. The molecule has 12 heavy (non-hydrogen) atoms. The summed E-state index contributed by atoms with van der Waals surface area (Å²) in [4.78, 5) is 21.5. The van der Waals surface area contributed by atoms with Crippen LogP contribution in [-0.4, -0.2) is 24.5 Å². The second-order valence-corrected chi connectivity index (χ2v) is 2.61. The minimum atomic E-state index is -0.411. The molecule has 6 heteroatoms. The zero-order valence-corrected chi connectivity index (χ0v) is 6.59. The summed E-state index contributed by atoms with van der Waals surface area (Å²) < 4.78 is 0. The van der Waals surface area contributed by atoms with Crippen molar-refractivity contribution >= 4 is 11.9 Å². The normalized spacial score (nSPS) is 22.2. The Morgan fingerprint density at radius 3 is 2.75 bits per heavy atom. The fraction of sp³-hybridized carbons (Fsp3) is 0.667. The van der Waals surface area contributed by atoms with Crippen molar-refractivity contribution in [2.75, 3.05) is 6.54 Å². The maximum atomic E-state index is 10.9. The van der Waals surface area contributed by atoms with E-state index in [4.69, 9.17) is 5.84 Å². The quantitative estimate of drug-likeness (QED) is 0.178. The van der Waals surface area contributed by atoms with E-state index in [9.17, 15) is 9.59 Å². The number of carbonyl (C=O) groups excluding carboxylic acids is 2. The van der Waals surface area contributed by atoms with Gasteiger partial charge in [0.15, 0.2) is 0 Å². The Morgan fingerprint density at radius 1 is 1.50 bits per heavy atom. The topological polar surface area (TPSA) is 96.2 Å². The molecule has 0 aromatic rings. The molecule has 3 amide bonds. The molecule has 0 aromatic heterocycles. The van der Waals surface area contributed by atoms with E-state index in [2.05, 4.69) is 16.1 Å². The summed E-state index contributed by atoms with van der Waals surface area (Å²) in [6, 6.07) is -0.795. The molecule has 0 saturated carbocycles. The molecule has 1 aliphatic heterocycles. The number of amides is 3. The number of imide groups is 1. The van der Waals surface area contributed by atoms with Gasteiger partial charge in [-0.1, -0.05) is 0 Å². The van der Waals surface area contributed by atoms with Gasteiger partial charge in [-0.15, -0.1) is 0 Å². The number of nitrogens with one attached hydrogen (secondary N) is 3. The molecule has 5 N–H and O–H groups in total. The first-order chi connectivity index (χ1) is 5.74. The second kappa shape index (κ2) is 4.03. The van der Waals surface area contributed by atoms with Crippen molar-refractivity contribution in [1.29, 1.82) is 0 Å². The van der Waals surface area contributed by atoms with Gasteiger partial charge in [-0.2, -0.15) is 0 Å². The van der Waals surface area contributed by atoms with Crippen molar-refractivity contribution in [3.05, 3.63) is 0 Å². The zero-order chi connectivity index (χ0) is 8.97. The smallest absolute Gasteiger partial charge is 0.322 e. The van der Waals surface area contributed by atoms with Crippen LogP contribution in [0.5, 0.6) is 0 Å². The summed E-state index contributed by atoms with van der Waals surface area (Å²) >= 11 is 0. The SMILES string of the molecule is NNCCCC1NC(=O)NC1=O. The fourth-order valence-corrected chi connectivity index (χ4v) is 1.07. The maximum Gasteiger partial charge on any atom is 0.322 e. The summed E-state index contributed by atoms with van der Waals surface area (Å²) in [5, 5.41) is 4.65. The van der Waals surface area contributed by atoms with Crippen LogP contribution in [0, 0.1) is 0 Å². The lowest BCUT2D eigenvalue weighted by atomic mass is 10.1. The molecule has 6 nitrogen and oxygen atoms in total. The van der Waals surface area contributed by atoms with Gasteiger partial charge in [0.1, 0.15) is 6.04 Å². The minimum Gasteiger partial charge on any atom is -0.326 e. The third kappa shape index (κ3) is 2.18. The molecule has 0 aliphatic carbocycles. The molecule has 1 unspecified atom stereocenters. The van der Waals surface area contributed by atoms with Crippen molar-refractivity contribution in [3.8, 4) is 0 Å². The number of nitrogens with two attached hydrogens (primary N) is 1. The molecular formula is C6H12N4O2. The number of rotatable bonds is 4. The molecule has 68 valence electrons. The van der Waals surface area contributed by atoms with Crippen LogP contribution < -0.4 is 21.9 Å². The lowest BCUT2D eigenvalue weighted by Crippen LogP contribution is -2.31. The van der Waals surface area contributed by atoms with Gasteiger partial charge < -0.3 is 5.32 Å². The lowest BCUT2D eigenvalue weighted by Gasteiger charge is -2.05. The Balaban J connectivity index is 2.24. The molecule has 1 heterocycles. The number of urea groups is 1. The molecular weight excluding hydrogens is 160 g/mol. The van der Waals surface area contributed by atoms with Crippen LogP contribution in [0.15, 0.2) is 0 Å². The summed E-state index contributed by atoms with van der Waals surface area (Å²) in [6.07, 6.45) is 1.37. The first-order valence-corrected chi connectivity index (χ1v) is 3.79. The Morgan fingerprint density at radius 2 is 2.25 bits per heavy atom. The monoisotopic (exact) mass is 172 g/mol. The van der Waals surface area contributed by atoms with Gasteiger partial charge in [-0.3, -0.25) is 21.4 Å². The van der Waals surface area contributed by atoms with E-state index < -0.39 is 6.03 Å². The highest BCUT2D eigenvalue weighted by Gasteiger charge is 2.28. The highest BCUT2D eigenvalue weighted by atomic mass is 16.2. The summed E-state index contributed by atoms with van der Waals surface area (Å²) in [6.45, 7) is 0.639. The highest BCUT2D eigenvalue weighted by Crippen LogP contribution is 2.00. The third-order valence-corrected chi connectivity index (χ3v) is 1.67. The Labute approximate surface area is 69.8 Å². The molecule has 0 spiro atoms. The highest BCUT2D eigenvalue weighted by molar-refractivity contribution is 6.04. The van der Waals surface area contributed by atoms with E-state index in [1.54, 1.807) is 0 Å². The van der Waals surface area contributed by atoms with Crippen LogP contribution in [0.1, 0.15) is 12.8 Å². The molecule has 0 aromatic carbocycles. The van der Waals surface area contributed by atoms with Crippen LogP contribution >= 0.6 is 0 Å². The van der Waals surface area contributed by atoms with Crippen molar-refractivity contribution in [2.24, 2.45) is 5.84 Å². The second-order valence-electron chi connectivity index (χ2n) is 2.61. The molecule has 0 radical (unpaired) electrons. The van der Waals surface area contributed by atoms with Crippen LogP contribution in [0.3, 0.4) is 0 Å². The van der Waals surface area contributed by atoms with Gasteiger partial charge in [-0.25, -0.2) is 4.79 Å². The third-order valence-electron chi connectivity index (χ3n) is 1.67. The van der Waals surface area contributed by atoms with Crippen molar-refractivity contribution in [1.82, 2.24) is 16.1 Å². The van der Waals surface area contributed by atoms with Crippen molar-refractivity contribution in [2.45, 2.75) is 18.9 Å². The van der Waals surface area contributed by atoms with Crippen molar-refractivity contribution in [3.63, 3.8) is 0 Å². The number of hydrogen-bond donors (Lipinski definition) is 4. The average Bonchev–Trinajstić information content (AvgIpc) is 2.31.